The molecule has 12 heavy (non-hydrogen) atoms. The Bertz CT molecular complexity index is 306. The first-order valence-electron chi connectivity index (χ1n) is 3.58. The molecular formula is C9H9NOS. The van der Waals surface area contributed by atoms with Crippen molar-refractivity contribution in [2.75, 3.05) is 0 Å². The van der Waals surface area contributed by atoms with Crippen LogP contribution in [0.15, 0.2) is 29.2 Å². The maximum Gasteiger partial charge on any atom is 0.0920 e. The molecule has 62 valence electrons. The predicted molar refractivity (Wildman–Crippen MR) is 48.9 cm³/mol. The summed E-state index contributed by atoms with van der Waals surface area (Å²) in [7, 11) is 0. The minimum Gasteiger partial charge on any atom is -0.387 e. The van der Waals surface area contributed by atoms with Crippen LogP contribution in [0.1, 0.15) is 18.1 Å². The minimum atomic E-state index is -0.693. The van der Waals surface area contributed by atoms with Crippen LogP contribution in [0.4, 0.5) is 0 Å². The Morgan fingerprint density at radius 3 is 2.92 bits per heavy atom. The third-order valence-corrected chi connectivity index (χ3v) is 1.82. The van der Waals surface area contributed by atoms with Crippen LogP contribution in [0.5, 0.6) is 0 Å². The van der Waals surface area contributed by atoms with Gasteiger partial charge in [-0.15, -0.1) is 12.6 Å². The highest BCUT2D eigenvalue weighted by Gasteiger charge is 2.05. The summed E-state index contributed by atoms with van der Waals surface area (Å²) in [5, 5.41) is 17.7. The molecule has 1 aromatic rings. The standard InChI is InChI=1S/C9H9NOS/c10-5-4-9(11)7-2-1-3-8(12)6-7/h1-3,6,9,11-12H,4H2/t9-/m0/s1. The van der Waals surface area contributed by atoms with Crippen LogP contribution in [0, 0.1) is 11.3 Å². The molecule has 0 aliphatic heterocycles. The Hall–Kier alpha value is -0.980. The van der Waals surface area contributed by atoms with Crippen molar-refractivity contribution in [3.63, 3.8) is 0 Å². The van der Waals surface area contributed by atoms with Crippen LogP contribution in [0.3, 0.4) is 0 Å². The second-order valence-electron chi connectivity index (χ2n) is 2.47. The van der Waals surface area contributed by atoms with Gasteiger partial charge in [0, 0.05) is 4.90 Å². The van der Waals surface area contributed by atoms with Gasteiger partial charge < -0.3 is 5.11 Å². The second kappa shape index (κ2) is 4.15. The smallest absolute Gasteiger partial charge is 0.0920 e. The molecule has 3 heteroatoms. The van der Waals surface area contributed by atoms with E-state index in [1.165, 1.54) is 0 Å². The quantitative estimate of drug-likeness (QED) is 0.681. The number of nitriles is 1. The summed E-state index contributed by atoms with van der Waals surface area (Å²) < 4.78 is 0. The third-order valence-electron chi connectivity index (χ3n) is 1.54. The van der Waals surface area contributed by atoms with Gasteiger partial charge in [0.25, 0.3) is 0 Å². The van der Waals surface area contributed by atoms with Crippen molar-refractivity contribution in [2.24, 2.45) is 0 Å². The Balaban J connectivity index is 2.82. The van der Waals surface area contributed by atoms with Gasteiger partial charge in [0.2, 0.25) is 0 Å². The number of nitrogens with zero attached hydrogens (tertiary/aromatic N) is 1. The number of benzene rings is 1. The molecule has 0 bridgehead atoms. The molecule has 0 heterocycles. The van der Waals surface area contributed by atoms with Crippen LogP contribution in [0.2, 0.25) is 0 Å². The van der Waals surface area contributed by atoms with Crippen LogP contribution < -0.4 is 0 Å². The summed E-state index contributed by atoms with van der Waals surface area (Å²) >= 11 is 4.12. The van der Waals surface area contributed by atoms with Gasteiger partial charge in [0.05, 0.1) is 18.6 Å². The molecular weight excluding hydrogens is 170 g/mol. The molecule has 0 spiro atoms. The molecule has 0 aromatic heterocycles. The molecule has 0 saturated heterocycles. The molecule has 0 aliphatic carbocycles. The predicted octanol–water partition coefficient (Wildman–Crippen LogP) is 1.92. The first-order valence-corrected chi connectivity index (χ1v) is 4.02. The van der Waals surface area contributed by atoms with Crippen molar-refractivity contribution in [1.82, 2.24) is 0 Å². The van der Waals surface area contributed by atoms with Gasteiger partial charge in [-0.1, -0.05) is 12.1 Å². The highest BCUT2D eigenvalue weighted by Crippen LogP contribution is 2.18. The molecule has 2 nitrogen and oxygen atoms in total. The molecule has 0 saturated carbocycles. The van der Waals surface area contributed by atoms with E-state index in [4.69, 9.17) is 5.26 Å². The number of thiol groups is 1. The lowest BCUT2D eigenvalue weighted by Crippen LogP contribution is -1.94. The van der Waals surface area contributed by atoms with E-state index >= 15 is 0 Å². The zero-order valence-electron chi connectivity index (χ0n) is 6.44. The average molecular weight is 179 g/mol. The van der Waals surface area contributed by atoms with Crippen molar-refractivity contribution < 1.29 is 5.11 Å². The number of hydrogen-bond donors (Lipinski definition) is 2. The average Bonchev–Trinajstić information content (AvgIpc) is 2.05. The van der Waals surface area contributed by atoms with Gasteiger partial charge in [-0.2, -0.15) is 5.26 Å². The zero-order chi connectivity index (χ0) is 8.97. The third kappa shape index (κ3) is 2.26. The van der Waals surface area contributed by atoms with Crippen molar-refractivity contribution in [3.8, 4) is 6.07 Å². The Kier molecular flexibility index (Phi) is 3.15. The monoisotopic (exact) mass is 179 g/mol. The number of rotatable bonds is 2. The van der Waals surface area contributed by atoms with E-state index in [-0.39, 0.29) is 6.42 Å². The Morgan fingerprint density at radius 2 is 2.33 bits per heavy atom. The van der Waals surface area contributed by atoms with E-state index in [0.29, 0.717) is 0 Å². The number of aliphatic hydroxyl groups excluding tert-OH is 1. The lowest BCUT2D eigenvalue weighted by Gasteiger charge is -2.06. The lowest BCUT2D eigenvalue weighted by molar-refractivity contribution is 0.183. The van der Waals surface area contributed by atoms with Crippen molar-refractivity contribution in [3.05, 3.63) is 29.8 Å². The van der Waals surface area contributed by atoms with Crippen LogP contribution >= 0.6 is 12.6 Å². The molecule has 0 fully saturated rings. The normalized spacial score (nSPS) is 12.1. The summed E-state index contributed by atoms with van der Waals surface area (Å²) in [4.78, 5) is 0.796. The topological polar surface area (TPSA) is 44.0 Å². The van der Waals surface area contributed by atoms with Crippen molar-refractivity contribution >= 4 is 12.6 Å². The molecule has 1 atom stereocenters. The zero-order valence-corrected chi connectivity index (χ0v) is 7.33. The fourth-order valence-corrected chi connectivity index (χ4v) is 1.17. The van der Waals surface area contributed by atoms with E-state index in [1.807, 2.05) is 12.1 Å². The van der Waals surface area contributed by atoms with Gasteiger partial charge >= 0.3 is 0 Å². The number of hydrogen-bond acceptors (Lipinski definition) is 3. The Morgan fingerprint density at radius 1 is 1.58 bits per heavy atom. The SMILES string of the molecule is N#CC[C@H](O)c1cccc(S)c1. The van der Waals surface area contributed by atoms with Gasteiger partial charge in [-0.25, -0.2) is 0 Å². The molecule has 0 aliphatic rings. The first-order chi connectivity index (χ1) is 5.74. The summed E-state index contributed by atoms with van der Waals surface area (Å²) in [5.74, 6) is 0. The Labute approximate surface area is 76.9 Å². The highest BCUT2D eigenvalue weighted by atomic mass is 32.1. The van der Waals surface area contributed by atoms with E-state index in [0.717, 1.165) is 10.5 Å². The molecule has 0 radical (unpaired) electrons. The van der Waals surface area contributed by atoms with Crippen LogP contribution in [-0.2, 0) is 0 Å². The van der Waals surface area contributed by atoms with Crippen LogP contribution in [-0.4, -0.2) is 5.11 Å². The number of aliphatic hydroxyl groups is 1. The van der Waals surface area contributed by atoms with Crippen LogP contribution in [0.25, 0.3) is 0 Å². The van der Waals surface area contributed by atoms with E-state index < -0.39 is 6.10 Å². The maximum absolute atomic E-state index is 9.39. The molecule has 1 rings (SSSR count). The van der Waals surface area contributed by atoms with E-state index in [2.05, 4.69) is 12.6 Å². The van der Waals surface area contributed by atoms with Gasteiger partial charge in [0.1, 0.15) is 0 Å². The summed E-state index contributed by atoms with van der Waals surface area (Å²) in [6.45, 7) is 0. The lowest BCUT2D eigenvalue weighted by atomic mass is 10.1. The van der Waals surface area contributed by atoms with E-state index in [9.17, 15) is 5.11 Å². The fraction of sp³-hybridized carbons (Fsp3) is 0.222. The van der Waals surface area contributed by atoms with E-state index in [1.54, 1.807) is 18.2 Å². The summed E-state index contributed by atoms with van der Waals surface area (Å²) in [6, 6.07) is 9.07. The molecule has 0 unspecified atom stereocenters. The second-order valence-corrected chi connectivity index (χ2v) is 2.99. The summed E-state index contributed by atoms with van der Waals surface area (Å²) in [6.07, 6.45) is -0.570. The van der Waals surface area contributed by atoms with Gasteiger partial charge in [0.15, 0.2) is 0 Å². The fourth-order valence-electron chi connectivity index (χ4n) is 0.936. The highest BCUT2D eigenvalue weighted by molar-refractivity contribution is 7.80. The maximum atomic E-state index is 9.39. The van der Waals surface area contributed by atoms with Gasteiger partial charge in [-0.3, -0.25) is 0 Å². The molecule has 1 N–H and O–H groups in total. The first kappa shape index (κ1) is 9.11. The largest absolute Gasteiger partial charge is 0.387 e. The van der Waals surface area contributed by atoms with Gasteiger partial charge in [-0.05, 0) is 17.7 Å². The van der Waals surface area contributed by atoms with Crippen molar-refractivity contribution in [1.29, 1.82) is 5.26 Å². The molecule has 0 amide bonds. The molecule has 1 aromatic carbocycles. The van der Waals surface area contributed by atoms with Crippen molar-refractivity contribution in [2.45, 2.75) is 17.4 Å². The minimum absolute atomic E-state index is 0.122. The summed E-state index contributed by atoms with van der Waals surface area (Å²) in [5.41, 5.74) is 0.740.